The van der Waals surface area contributed by atoms with Gasteiger partial charge in [-0.1, -0.05) is 0 Å². The molecular weight excluding hydrogens is 562 g/mol. The van der Waals surface area contributed by atoms with E-state index < -0.39 is 72.6 Å². The summed E-state index contributed by atoms with van der Waals surface area (Å²) in [7, 11) is 0. The van der Waals surface area contributed by atoms with E-state index in [2.05, 4.69) is 10.2 Å². The summed E-state index contributed by atoms with van der Waals surface area (Å²) in [4.78, 5) is 102. The Morgan fingerprint density at radius 3 is 1.62 bits per heavy atom. The number of rotatable bonds is 18. The average molecular weight is 602 g/mol. The van der Waals surface area contributed by atoms with Crippen LogP contribution in [0.4, 0.5) is 0 Å². The van der Waals surface area contributed by atoms with E-state index >= 15 is 0 Å². The number of nitrogens with one attached hydrogen (secondary N) is 1. The fraction of sp³-hybridized carbons (Fsp3) is 0.680. The molecule has 236 valence electrons. The maximum absolute atomic E-state index is 12.2. The molecule has 5 N–H and O–H groups in total. The minimum absolute atomic E-state index is 0.0799. The van der Waals surface area contributed by atoms with Crippen LogP contribution in [-0.2, 0) is 57.5 Å². The van der Waals surface area contributed by atoms with Crippen molar-refractivity contribution >= 4 is 47.3 Å². The molecule has 17 heteroatoms. The Morgan fingerprint density at radius 2 is 1.19 bits per heavy atom. The second kappa shape index (κ2) is 20.1. The van der Waals surface area contributed by atoms with Gasteiger partial charge in [0.25, 0.3) is 23.6 Å². The van der Waals surface area contributed by atoms with Crippen molar-refractivity contribution < 1.29 is 57.5 Å². The van der Waals surface area contributed by atoms with E-state index in [4.69, 9.17) is 25.8 Å². The molecule has 2 heterocycles. The summed E-state index contributed by atoms with van der Waals surface area (Å²) >= 11 is 0. The molecule has 0 aromatic heterocycles. The molecule has 2 aliphatic heterocycles. The standard InChI is InChI=1S/C17H19N3O10.C8H20N2O2/c1-9(21)8-10(17(28)30-20-14(25)5-6-15(20)26)18-11(22)2-7-16(27)29-19-12(23)3-4-13(19)24;9-3-1-5-11-7-8-12-6-2-4-10/h10H,2-8H2,1H3,(H,18,22);1-10H2. The number of Topliss-reactive ketones (excluding diaryl/α,β-unsaturated/α-hetero) is 1. The predicted octanol–water partition coefficient (Wildman–Crippen LogP) is -1.84. The van der Waals surface area contributed by atoms with Crippen molar-refractivity contribution in [2.45, 2.75) is 70.8 Å². The molecule has 0 aromatic rings. The SMILES string of the molecule is CC(=O)CC(NC(=O)CCC(=O)ON1C(=O)CCC1=O)C(=O)ON1C(=O)CCC1=O.NCCCOCCOCCCN. The second-order valence-corrected chi connectivity index (χ2v) is 9.07. The Kier molecular flexibility index (Phi) is 17.4. The van der Waals surface area contributed by atoms with Crippen molar-refractivity contribution in [1.29, 1.82) is 0 Å². The summed E-state index contributed by atoms with van der Waals surface area (Å²) in [6.07, 6.45) is -0.0490. The molecule has 42 heavy (non-hydrogen) atoms. The monoisotopic (exact) mass is 601 g/mol. The van der Waals surface area contributed by atoms with Gasteiger partial charge in [-0.15, -0.1) is 10.1 Å². The molecule has 1 atom stereocenters. The van der Waals surface area contributed by atoms with Gasteiger partial charge in [0.05, 0.1) is 19.6 Å². The number of nitrogens with two attached hydrogens (primary N) is 2. The van der Waals surface area contributed by atoms with Gasteiger partial charge in [-0.2, -0.15) is 0 Å². The van der Waals surface area contributed by atoms with Crippen LogP contribution in [0.25, 0.3) is 0 Å². The summed E-state index contributed by atoms with van der Waals surface area (Å²) in [5.74, 6) is -6.34. The lowest BCUT2D eigenvalue weighted by molar-refractivity contribution is -0.199. The van der Waals surface area contributed by atoms with Crippen LogP contribution >= 0.6 is 0 Å². The van der Waals surface area contributed by atoms with Crippen molar-refractivity contribution in [3.05, 3.63) is 0 Å². The van der Waals surface area contributed by atoms with Gasteiger partial charge in [-0.25, -0.2) is 9.59 Å². The van der Waals surface area contributed by atoms with Gasteiger partial charge in [-0.3, -0.25) is 28.8 Å². The lowest BCUT2D eigenvalue weighted by atomic mass is 10.1. The van der Waals surface area contributed by atoms with Crippen molar-refractivity contribution in [2.24, 2.45) is 11.5 Å². The van der Waals surface area contributed by atoms with E-state index in [1.54, 1.807) is 0 Å². The van der Waals surface area contributed by atoms with Crippen LogP contribution in [0.5, 0.6) is 0 Å². The van der Waals surface area contributed by atoms with Crippen LogP contribution in [0.2, 0.25) is 0 Å². The third kappa shape index (κ3) is 14.2. The highest BCUT2D eigenvalue weighted by Gasteiger charge is 2.36. The normalized spacial score (nSPS) is 15.3. The summed E-state index contributed by atoms with van der Waals surface area (Å²) in [6.45, 7) is 5.31. The summed E-state index contributed by atoms with van der Waals surface area (Å²) in [5.41, 5.74) is 10.6. The van der Waals surface area contributed by atoms with Crippen LogP contribution in [0, 0.1) is 0 Å². The quantitative estimate of drug-likeness (QED) is 0.115. The molecule has 2 aliphatic rings. The molecule has 0 saturated carbocycles. The van der Waals surface area contributed by atoms with Crippen molar-refractivity contribution in [2.75, 3.05) is 39.5 Å². The molecule has 0 bridgehead atoms. The Morgan fingerprint density at radius 1 is 0.738 bits per heavy atom. The number of carbonyl (C=O) groups excluding carboxylic acids is 8. The highest BCUT2D eigenvalue weighted by molar-refractivity contribution is 6.02. The zero-order chi connectivity index (χ0) is 31.5. The van der Waals surface area contributed by atoms with Gasteiger partial charge in [0.15, 0.2) is 0 Å². The molecule has 0 spiro atoms. The number of hydrogen-bond donors (Lipinski definition) is 3. The van der Waals surface area contributed by atoms with E-state index in [-0.39, 0.29) is 30.7 Å². The lowest BCUT2D eigenvalue weighted by Gasteiger charge is -2.19. The van der Waals surface area contributed by atoms with Crippen LogP contribution in [0.15, 0.2) is 0 Å². The fourth-order valence-electron chi connectivity index (χ4n) is 3.27. The lowest BCUT2D eigenvalue weighted by Crippen LogP contribution is -2.46. The molecule has 0 aliphatic carbocycles. The van der Waals surface area contributed by atoms with E-state index in [0.717, 1.165) is 33.0 Å². The van der Waals surface area contributed by atoms with Crippen molar-refractivity contribution in [1.82, 2.24) is 15.4 Å². The van der Waals surface area contributed by atoms with Crippen molar-refractivity contribution in [3.63, 3.8) is 0 Å². The number of ketones is 1. The van der Waals surface area contributed by atoms with Gasteiger partial charge in [-0.05, 0) is 32.9 Å². The molecule has 17 nitrogen and oxygen atoms in total. The molecule has 2 fully saturated rings. The van der Waals surface area contributed by atoms with Crippen LogP contribution < -0.4 is 16.8 Å². The molecule has 2 saturated heterocycles. The first-order chi connectivity index (χ1) is 20.0. The maximum Gasteiger partial charge on any atom is 0.355 e. The summed E-state index contributed by atoms with van der Waals surface area (Å²) in [6, 6.07) is -1.49. The minimum atomic E-state index is -1.49. The third-order valence-corrected chi connectivity index (χ3v) is 5.41. The molecular formula is C25H39N5O12. The maximum atomic E-state index is 12.2. The van der Waals surface area contributed by atoms with Gasteiger partial charge < -0.3 is 35.9 Å². The van der Waals surface area contributed by atoms with Gasteiger partial charge in [0.2, 0.25) is 5.91 Å². The molecule has 0 aromatic carbocycles. The van der Waals surface area contributed by atoms with E-state index in [1.165, 1.54) is 0 Å². The topological polar surface area (TPSA) is 244 Å². The van der Waals surface area contributed by atoms with Crippen LogP contribution in [0.1, 0.15) is 64.7 Å². The predicted molar refractivity (Wildman–Crippen MR) is 140 cm³/mol. The molecule has 0 radical (unpaired) electrons. The summed E-state index contributed by atoms with van der Waals surface area (Å²) < 4.78 is 10.4. The Bertz CT molecular complexity index is 947. The first-order valence-corrected chi connectivity index (χ1v) is 13.5. The number of nitrogens with zero attached hydrogens (tertiary/aromatic N) is 2. The average Bonchev–Trinajstić information content (AvgIpc) is 3.43. The molecule has 1 unspecified atom stereocenters. The smallest absolute Gasteiger partial charge is 0.355 e. The number of ether oxygens (including phenoxy) is 2. The Labute approximate surface area is 242 Å². The second-order valence-electron chi connectivity index (χ2n) is 9.07. The van der Waals surface area contributed by atoms with E-state index in [0.29, 0.717) is 31.4 Å². The van der Waals surface area contributed by atoms with Gasteiger partial charge in [0.1, 0.15) is 11.8 Å². The number of imide groups is 2. The van der Waals surface area contributed by atoms with E-state index in [1.807, 2.05) is 0 Å². The minimum Gasteiger partial charge on any atom is -0.379 e. The zero-order valence-electron chi connectivity index (χ0n) is 23.6. The third-order valence-electron chi connectivity index (χ3n) is 5.41. The number of carbonyl (C=O) groups is 8. The van der Waals surface area contributed by atoms with E-state index in [9.17, 15) is 38.4 Å². The summed E-state index contributed by atoms with van der Waals surface area (Å²) in [5, 5.41) is 2.79. The van der Waals surface area contributed by atoms with Crippen molar-refractivity contribution in [3.8, 4) is 0 Å². The first-order valence-electron chi connectivity index (χ1n) is 13.5. The van der Waals surface area contributed by atoms with Crippen LogP contribution in [0.3, 0.4) is 0 Å². The highest BCUT2D eigenvalue weighted by atomic mass is 16.7. The Balaban J connectivity index is 0.000000619. The van der Waals surface area contributed by atoms with Gasteiger partial charge >= 0.3 is 11.9 Å². The highest BCUT2D eigenvalue weighted by Crippen LogP contribution is 2.14. The zero-order valence-corrected chi connectivity index (χ0v) is 23.6. The number of amides is 5. The molecule has 5 amide bonds. The number of hydrogen-bond acceptors (Lipinski definition) is 14. The van der Waals surface area contributed by atoms with Gasteiger partial charge in [0, 0.05) is 51.7 Å². The Hall–Kier alpha value is -3.80. The first kappa shape index (κ1) is 36.2. The largest absolute Gasteiger partial charge is 0.379 e. The fourth-order valence-corrected chi connectivity index (χ4v) is 3.27. The van der Waals surface area contributed by atoms with Crippen LogP contribution in [-0.4, -0.2) is 103 Å². The number of hydroxylamine groups is 4. The molecule has 2 rings (SSSR count).